The number of phenols is 1. The van der Waals surface area contributed by atoms with E-state index in [1.807, 2.05) is 33.8 Å². The monoisotopic (exact) mass is 462 g/mol. The zero-order valence-corrected chi connectivity index (χ0v) is 20.3. The van der Waals surface area contributed by atoms with Crippen molar-refractivity contribution in [1.29, 1.82) is 0 Å². The molecule has 3 aromatic rings. The molecule has 0 spiro atoms. The number of aromatic hydroxyl groups is 1. The number of rotatable bonds is 4. The lowest BCUT2D eigenvalue weighted by atomic mass is 9.85. The minimum Gasteiger partial charge on any atom is -0.508 e. The lowest BCUT2D eigenvalue weighted by molar-refractivity contribution is -0.185. The van der Waals surface area contributed by atoms with Crippen LogP contribution in [0.5, 0.6) is 5.75 Å². The number of benzene rings is 1. The van der Waals surface area contributed by atoms with Gasteiger partial charge in [-0.3, -0.25) is 4.79 Å². The third-order valence-electron chi connectivity index (χ3n) is 6.86. The maximum absolute atomic E-state index is 13.7. The minimum atomic E-state index is -1.32. The van der Waals surface area contributed by atoms with E-state index in [9.17, 15) is 14.7 Å². The fourth-order valence-electron chi connectivity index (χ4n) is 5.12. The van der Waals surface area contributed by atoms with Gasteiger partial charge >= 0.3 is 5.97 Å². The molecule has 2 aliphatic heterocycles. The molecule has 34 heavy (non-hydrogen) atoms. The summed E-state index contributed by atoms with van der Waals surface area (Å²) in [6.07, 6.45) is 1.09. The highest BCUT2D eigenvalue weighted by Crippen LogP contribution is 2.42. The fourth-order valence-corrected chi connectivity index (χ4v) is 5.12. The average Bonchev–Trinajstić information content (AvgIpc) is 3.15. The Balaban J connectivity index is 1.76. The Kier molecular flexibility index (Phi) is 5.09. The lowest BCUT2D eigenvalue weighted by Gasteiger charge is -2.38. The van der Waals surface area contributed by atoms with E-state index >= 15 is 0 Å². The number of phenolic OH excluding ortho intramolecular Hbond substituents is 1. The van der Waals surface area contributed by atoms with Gasteiger partial charge in [0.2, 0.25) is 0 Å². The molecule has 0 amide bonds. The zero-order chi connectivity index (χ0) is 24.4. The minimum absolute atomic E-state index is 0.0613. The molecule has 7 heteroatoms. The van der Waals surface area contributed by atoms with Crippen LogP contribution in [0.3, 0.4) is 0 Å². The normalized spacial score (nSPS) is 19.0. The van der Waals surface area contributed by atoms with Crippen molar-refractivity contribution >= 4 is 16.9 Å². The number of nitrogens with zero attached hydrogens (tertiary/aromatic N) is 2. The highest BCUT2D eigenvalue weighted by Gasteiger charge is 2.48. The molecule has 0 unspecified atom stereocenters. The number of carbonyl (C=O) groups excluding carboxylic acids is 1. The van der Waals surface area contributed by atoms with E-state index in [1.54, 1.807) is 22.8 Å². The van der Waals surface area contributed by atoms with Gasteiger partial charge in [-0.05, 0) is 48.1 Å². The second-order valence-corrected chi connectivity index (χ2v) is 10.4. The first-order valence-corrected chi connectivity index (χ1v) is 11.8. The summed E-state index contributed by atoms with van der Waals surface area (Å²) in [6, 6.07) is 7.05. The summed E-state index contributed by atoms with van der Waals surface area (Å²) >= 11 is 0. The summed E-state index contributed by atoms with van der Waals surface area (Å²) in [7, 11) is 0. The molecule has 1 atom stereocenters. The van der Waals surface area contributed by atoms with Gasteiger partial charge in [-0.25, -0.2) is 9.78 Å². The van der Waals surface area contributed by atoms with Gasteiger partial charge in [0.05, 0.1) is 35.6 Å². The summed E-state index contributed by atoms with van der Waals surface area (Å²) in [4.78, 5) is 31.7. The molecule has 178 valence electrons. The molecular weight excluding hydrogens is 432 g/mol. The van der Waals surface area contributed by atoms with E-state index in [0.717, 1.165) is 34.1 Å². The molecule has 2 aromatic heterocycles. The van der Waals surface area contributed by atoms with Crippen LogP contribution in [-0.4, -0.2) is 27.2 Å². The number of aromatic nitrogens is 2. The topological polar surface area (TPSA) is 90.7 Å². The Morgan fingerprint density at radius 1 is 1.18 bits per heavy atom. The molecule has 0 bridgehead atoms. The number of fused-ring (bicyclic) bond motifs is 5. The molecule has 0 saturated carbocycles. The molecule has 0 aliphatic carbocycles. The standard InChI is InChI=1S/C27H30N2O5/c1-6-16-17-10-15(30)8-9-21(17)28-23-18(16)12-29-22(23)11-20-19(24(29)31)13-33-25(32)27(20,7-2)34-14-26(3,4)5/h8-11,30H,6-7,12-14H2,1-5H3/t27-/m0/s1. The van der Waals surface area contributed by atoms with Crippen LogP contribution < -0.4 is 5.56 Å². The van der Waals surface area contributed by atoms with Gasteiger partial charge in [-0.1, -0.05) is 34.6 Å². The highest BCUT2D eigenvalue weighted by atomic mass is 16.6. The van der Waals surface area contributed by atoms with Gasteiger partial charge in [-0.15, -0.1) is 0 Å². The molecule has 7 nitrogen and oxygen atoms in total. The maximum atomic E-state index is 13.7. The first-order valence-electron chi connectivity index (χ1n) is 11.8. The Morgan fingerprint density at radius 3 is 2.62 bits per heavy atom. The second kappa shape index (κ2) is 7.67. The van der Waals surface area contributed by atoms with Gasteiger partial charge in [0.25, 0.3) is 5.56 Å². The Labute approximate surface area is 198 Å². The van der Waals surface area contributed by atoms with Crippen molar-refractivity contribution in [3.63, 3.8) is 0 Å². The molecule has 0 saturated heterocycles. The van der Waals surface area contributed by atoms with E-state index in [2.05, 4.69) is 6.92 Å². The van der Waals surface area contributed by atoms with Crippen molar-refractivity contribution in [1.82, 2.24) is 9.55 Å². The predicted octanol–water partition coefficient (Wildman–Crippen LogP) is 4.42. The van der Waals surface area contributed by atoms with Crippen LogP contribution in [0, 0.1) is 5.41 Å². The largest absolute Gasteiger partial charge is 0.508 e. The Hall–Kier alpha value is -3.19. The smallest absolute Gasteiger partial charge is 0.343 e. The molecule has 0 fully saturated rings. The quantitative estimate of drug-likeness (QED) is 0.452. The predicted molar refractivity (Wildman–Crippen MR) is 129 cm³/mol. The molecule has 4 heterocycles. The number of cyclic esters (lactones) is 1. The van der Waals surface area contributed by atoms with Crippen LogP contribution in [0.2, 0.25) is 0 Å². The zero-order valence-electron chi connectivity index (χ0n) is 20.3. The second-order valence-electron chi connectivity index (χ2n) is 10.4. The van der Waals surface area contributed by atoms with Crippen LogP contribution >= 0.6 is 0 Å². The summed E-state index contributed by atoms with van der Waals surface area (Å²) < 4.78 is 13.5. The van der Waals surface area contributed by atoms with Gasteiger partial charge in [0.15, 0.2) is 5.60 Å². The van der Waals surface area contributed by atoms with E-state index in [4.69, 9.17) is 14.5 Å². The highest BCUT2D eigenvalue weighted by molar-refractivity contribution is 5.90. The summed E-state index contributed by atoms with van der Waals surface area (Å²) in [6.45, 7) is 10.7. The Bertz CT molecular complexity index is 1400. The number of hydrogen-bond donors (Lipinski definition) is 1. The van der Waals surface area contributed by atoms with Crippen molar-refractivity contribution in [2.45, 2.75) is 66.2 Å². The SMILES string of the molecule is CCc1c2c(nc3ccc(O)cc13)-c1cc3c(c(=O)n1C2)COC(=O)[C@@]3(CC)OCC(C)(C)C. The van der Waals surface area contributed by atoms with Crippen LogP contribution in [0.25, 0.3) is 22.3 Å². The summed E-state index contributed by atoms with van der Waals surface area (Å²) in [5, 5.41) is 10.9. The van der Waals surface area contributed by atoms with Crippen LogP contribution in [-0.2, 0) is 39.4 Å². The van der Waals surface area contributed by atoms with Crippen LogP contribution in [0.15, 0.2) is 29.1 Å². The van der Waals surface area contributed by atoms with Crippen molar-refractivity contribution in [3.05, 3.63) is 56.9 Å². The maximum Gasteiger partial charge on any atom is 0.343 e. The van der Waals surface area contributed by atoms with E-state index in [1.165, 1.54) is 0 Å². The molecule has 5 rings (SSSR count). The van der Waals surface area contributed by atoms with Gasteiger partial charge in [0.1, 0.15) is 12.4 Å². The van der Waals surface area contributed by atoms with Crippen molar-refractivity contribution < 1.29 is 19.4 Å². The number of hydrogen-bond acceptors (Lipinski definition) is 6. The van der Waals surface area contributed by atoms with E-state index < -0.39 is 11.6 Å². The first kappa shape index (κ1) is 22.6. The van der Waals surface area contributed by atoms with Crippen LogP contribution in [0.4, 0.5) is 0 Å². The molecular formula is C27H30N2O5. The number of pyridine rings is 2. The van der Waals surface area contributed by atoms with E-state index in [0.29, 0.717) is 36.4 Å². The number of carbonyl (C=O) groups is 1. The molecule has 1 aromatic carbocycles. The van der Waals surface area contributed by atoms with Crippen LogP contribution in [0.1, 0.15) is 63.3 Å². The van der Waals surface area contributed by atoms with Crippen molar-refractivity contribution in [2.75, 3.05) is 6.61 Å². The summed E-state index contributed by atoms with van der Waals surface area (Å²) in [5.41, 5.74) is 3.62. The van der Waals surface area contributed by atoms with E-state index in [-0.39, 0.29) is 23.3 Å². The molecule has 0 radical (unpaired) electrons. The average molecular weight is 463 g/mol. The van der Waals surface area contributed by atoms with Crippen molar-refractivity contribution in [2.24, 2.45) is 5.41 Å². The molecule has 2 aliphatic rings. The number of ether oxygens (including phenoxy) is 2. The van der Waals surface area contributed by atoms with Gasteiger partial charge in [0, 0.05) is 16.5 Å². The third-order valence-corrected chi connectivity index (χ3v) is 6.86. The fraction of sp³-hybridized carbons (Fsp3) is 0.444. The van der Waals surface area contributed by atoms with Gasteiger partial charge in [-0.2, -0.15) is 0 Å². The Morgan fingerprint density at radius 2 is 1.94 bits per heavy atom. The summed E-state index contributed by atoms with van der Waals surface area (Å²) in [5.74, 6) is -0.267. The lowest BCUT2D eigenvalue weighted by Crippen LogP contribution is -2.47. The van der Waals surface area contributed by atoms with Gasteiger partial charge < -0.3 is 19.1 Å². The first-order chi connectivity index (χ1) is 16.1. The number of esters is 1. The third kappa shape index (κ3) is 3.25. The van der Waals surface area contributed by atoms with Crippen molar-refractivity contribution in [3.8, 4) is 17.1 Å². The molecule has 1 N–H and O–H groups in total. The number of aryl methyl sites for hydroxylation is 1.